The van der Waals surface area contributed by atoms with Gasteiger partial charge in [-0.25, -0.2) is 9.31 Å². The third-order valence-electron chi connectivity index (χ3n) is 3.46. The molecule has 0 spiro atoms. The Hall–Kier alpha value is -3.26. The lowest BCUT2D eigenvalue weighted by Crippen LogP contribution is -2.16. The summed E-state index contributed by atoms with van der Waals surface area (Å²) in [7, 11) is 0. The number of ether oxygens (including phenoxy) is 1. The fraction of sp³-hybridized carbons (Fsp3) is 0.111. The lowest BCUT2D eigenvalue weighted by atomic mass is 10.1. The van der Waals surface area contributed by atoms with E-state index in [2.05, 4.69) is 16.3 Å². The molecule has 1 N–H and O–H groups in total. The van der Waals surface area contributed by atoms with E-state index in [-0.39, 0.29) is 6.10 Å². The molecule has 0 radical (unpaired) electrons. The molecule has 3 aromatic rings. The van der Waals surface area contributed by atoms with Crippen molar-refractivity contribution >= 4 is 17.3 Å². The number of amides is 1. The predicted octanol–water partition coefficient (Wildman–Crippen LogP) is 3.63. The van der Waals surface area contributed by atoms with Crippen molar-refractivity contribution in [2.45, 2.75) is 13.0 Å². The van der Waals surface area contributed by atoms with Crippen molar-refractivity contribution in [3.05, 3.63) is 66.0 Å². The summed E-state index contributed by atoms with van der Waals surface area (Å²) in [5.74, 6) is 2.47. The molecule has 1 amide bonds. The summed E-state index contributed by atoms with van der Waals surface area (Å²) in [4.78, 5) is 12.2. The minimum absolute atomic E-state index is 0.362. The average molecular weight is 305 g/mol. The largest absolute Gasteiger partial charge is 0.441 e. The van der Waals surface area contributed by atoms with E-state index in [0.717, 1.165) is 5.56 Å². The summed E-state index contributed by atoms with van der Waals surface area (Å²) in [5, 5.41) is 6.93. The van der Waals surface area contributed by atoms with Crippen LogP contribution in [-0.4, -0.2) is 15.7 Å². The first-order valence-electron chi connectivity index (χ1n) is 7.15. The number of nitrogens with zero attached hydrogens (tertiary/aromatic N) is 2. The molecule has 5 heteroatoms. The van der Waals surface area contributed by atoms with Gasteiger partial charge < -0.3 is 4.74 Å². The van der Waals surface area contributed by atoms with Crippen LogP contribution in [0, 0.1) is 12.3 Å². The topological polar surface area (TPSA) is 55.6 Å². The van der Waals surface area contributed by atoms with Crippen LogP contribution >= 0.6 is 0 Å². The number of terminal acetylenes is 1. The quantitative estimate of drug-likeness (QED) is 0.752. The van der Waals surface area contributed by atoms with Crippen LogP contribution in [0.15, 0.2) is 54.7 Å². The molecule has 0 bridgehead atoms. The molecule has 1 aromatic carbocycles. The first-order chi connectivity index (χ1) is 11.2. The van der Waals surface area contributed by atoms with E-state index in [0.29, 0.717) is 16.9 Å². The number of nitrogens with one attached hydrogen (secondary N) is 1. The number of hydrogen-bond donors (Lipinski definition) is 1. The zero-order valence-electron chi connectivity index (χ0n) is 12.6. The third-order valence-corrected chi connectivity index (χ3v) is 3.46. The molecule has 1 atom stereocenters. The van der Waals surface area contributed by atoms with Crippen molar-refractivity contribution in [3.8, 4) is 12.3 Å². The standard InChI is InChI=1S/C18H15N3O2/c1-3-15-17(16-11-7-8-12-21(16)20-15)19-18(22)23-13(2)14-9-5-4-6-10-14/h1,4-13H,2H3,(H,19,22). The second kappa shape index (κ2) is 6.24. The van der Waals surface area contributed by atoms with Crippen LogP contribution in [0.5, 0.6) is 0 Å². The van der Waals surface area contributed by atoms with Crippen molar-refractivity contribution in [1.82, 2.24) is 9.61 Å². The van der Waals surface area contributed by atoms with Crippen LogP contribution in [-0.2, 0) is 4.74 Å². The van der Waals surface area contributed by atoms with Crippen molar-refractivity contribution in [1.29, 1.82) is 0 Å². The fourth-order valence-corrected chi connectivity index (χ4v) is 2.31. The van der Waals surface area contributed by atoms with Gasteiger partial charge in [0.05, 0.1) is 5.52 Å². The summed E-state index contributed by atoms with van der Waals surface area (Å²) in [6.07, 6.45) is 6.29. The van der Waals surface area contributed by atoms with Crippen molar-refractivity contribution in [2.75, 3.05) is 5.32 Å². The van der Waals surface area contributed by atoms with Crippen LogP contribution in [0.4, 0.5) is 10.5 Å². The Morgan fingerprint density at radius 3 is 2.74 bits per heavy atom. The second-order valence-electron chi connectivity index (χ2n) is 4.98. The molecule has 2 aromatic heterocycles. The first kappa shape index (κ1) is 14.7. The van der Waals surface area contributed by atoms with Gasteiger partial charge in [-0.15, -0.1) is 6.42 Å². The summed E-state index contributed by atoms with van der Waals surface area (Å²) in [6.45, 7) is 1.81. The van der Waals surface area contributed by atoms with E-state index in [1.165, 1.54) is 0 Å². The molecule has 2 heterocycles. The monoisotopic (exact) mass is 305 g/mol. The second-order valence-corrected chi connectivity index (χ2v) is 4.98. The molecular weight excluding hydrogens is 290 g/mol. The SMILES string of the molecule is C#Cc1nn2ccccc2c1NC(=O)OC(C)c1ccccc1. The number of fused-ring (bicyclic) bond motifs is 1. The number of carbonyl (C=O) groups excluding carboxylic acids is 1. The minimum Gasteiger partial charge on any atom is -0.441 e. The van der Waals surface area contributed by atoms with Crippen molar-refractivity contribution in [2.24, 2.45) is 0 Å². The molecule has 1 unspecified atom stereocenters. The number of aromatic nitrogens is 2. The van der Waals surface area contributed by atoms with Gasteiger partial charge in [0.25, 0.3) is 0 Å². The smallest absolute Gasteiger partial charge is 0.412 e. The van der Waals surface area contributed by atoms with Crippen LogP contribution in [0.1, 0.15) is 24.3 Å². The van der Waals surface area contributed by atoms with Crippen LogP contribution in [0.25, 0.3) is 5.52 Å². The molecule has 3 rings (SSSR count). The molecule has 114 valence electrons. The van der Waals surface area contributed by atoms with Crippen LogP contribution in [0.3, 0.4) is 0 Å². The Kier molecular flexibility index (Phi) is 3.98. The third kappa shape index (κ3) is 3.01. The van der Waals surface area contributed by atoms with Gasteiger partial charge >= 0.3 is 6.09 Å². The number of anilines is 1. The first-order valence-corrected chi connectivity index (χ1v) is 7.15. The average Bonchev–Trinajstić information content (AvgIpc) is 2.93. The molecule has 0 saturated carbocycles. The highest BCUT2D eigenvalue weighted by atomic mass is 16.6. The fourth-order valence-electron chi connectivity index (χ4n) is 2.31. The van der Waals surface area contributed by atoms with Crippen LogP contribution in [0.2, 0.25) is 0 Å². The van der Waals surface area contributed by atoms with Gasteiger partial charge in [0.15, 0.2) is 5.69 Å². The maximum Gasteiger partial charge on any atom is 0.412 e. The van der Waals surface area contributed by atoms with Gasteiger partial charge in [0.1, 0.15) is 11.8 Å². The molecular formula is C18H15N3O2. The molecule has 0 saturated heterocycles. The number of rotatable bonds is 3. The highest BCUT2D eigenvalue weighted by Crippen LogP contribution is 2.23. The zero-order chi connectivity index (χ0) is 16.2. The summed E-state index contributed by atoms with van der Waals surface area (Å²) in [5.41, 5.74) is 2.46. The summed E-state index contributed by atoms with van der Waals surface area (Å²) >= 11 is 0. The lowest BCUT2D eigenvalue weighted by Gasteiger charge is -2.14. The Bertz CT molecular complexity index is 878. The molecule has 0 aliphatic carbocycles. The van der Waals surface area contributed by atoms with E-state index >= 15 is 0 Å². The predicted molar refractivity (Wildman–Crippen MR) is 88.1 cm³/mol. The zero-order valence-corrected chi connectivity index (χ0v) is 12.6. The molecule has 0 fully saturated rings. The normalized spacial score (nSPS) is 11.7. The van der Waals surface area contributed by atoms with E-state index in [9.17, 15) is 4.79 Å². The van der Waals surface area contributed by atoms with Crippen molar-refractivity contribution < 1.29 is 9.53 Å². The van der Waals surface area contributed by atoms with Gasteiger partial charge in [0.2, 0.25) is 0 Å². The van der Waals surface area contributed by atoms with E-state index in [1.807, 2.05) is 55.5 Å². The highest BCUT2D eigenvalue weighted by Gasteiger charge is 2.16. The van der Waals surface area contributed by atoms with E-state index < -0.39 is 6.09 Å². The molecule has 0 aliphatic heterocycles. The van der Waals surface area contributed by atoms with Gasteiger partial charge in [0, 0.05) is 6.20 Å². The number of carbonyl (C=O) groups is 1. The lowest BCUT2D eigenvalue weighted by molar-refractivity contribution is 0.121. The Labute approximate surface area is 133 Å². The maximum atomic E-state index is 12.2. The van der Waals surface area contributed by atoms with Crippen LogP contribution < -0.4 is 5.32 Å². The van der Waals surface area contributed by atoms with Gasteiger partial charge in [-0.2, -0.15) is 5.10 Å². The molecule has 23 heavy (non-hydrogen) atoms. The Morgan fingerprint density at radius 2 is 2.00 bits per heavy atom. The van der Waals surface area contributed by atoms with Gasteiger partial charge in [-0.05, 0) is 30.5 Å². The summed E-state index contributed by atoms with van der Waals surface area (Å²) in [6, 6.07) is 15.0. The summed E-state index contributed by atoms with van der Waals surface area (Å²) < 4.78 is 7.02. The van der Waals surface area contributed by atoms with E-state index in [4.69, 9.17) is 11.2 Å². The molecule has 0 aliphatic rings. The highest BCUT2D eigenvalue weighted by molar-refractivity contribution is 5.93. The van der Waals surface area contributed by atoms with E-state index in [1.54, 1.807) is 10.7 Å². The number of benzene rings is 1. The van der Waals surface area contributed by atoms with Gasteiger partial charge in [-0.3, -0.25) is 5.32 Å². The van der Waals surface area contributed by atoms with Crippen molar-refractivity contribution in [3.63, 3.8) is 0 Å². The maximum absolute atomic E-state index is 12.2. The molecule has 5 nitrogen and oxygen atoms in total. The minimum atomic E-state index is -0.573. The Balaban J connectivity index is 1.80. The number of pyridine rings is 1. The number of hydrogen-bond acceptors (Lipinski definition) is 3. The van der Waals surface area contributed by atoms with Gasteiger partial charge in [-0.1, -0.05) is 36.4 Å². The Morgan fingerprint density at radius 1 is 1.26 bits per heavy atom.